The maximum Gasteiger partial charge on any atom is 0.345 e. The third-order valence-corrected chi connectivity index (χ3v) is 5.81. The second-order valence-electron chi connectivity index (χ2n) is 7.51. The average Bonchev–Trinajstić information content (AvgIpc) is 2.80. The number of methoxy groups -OCH3 is 2. The van der Waals surface area contributed by atoms with Crippen molar-refractivity contribution in [2.75, 3.05) is 14.2 Å². The highest BCUT2D eigenvalue weighted by Gasteiger charge is 2.64. The number of hydrogen-bond donors (Lipinski definition) is 1. The fourth-order valence-electron chi connectivity index (χ4n) is 4.29. The van der Waals surface area contributed by atoms with Gasteiger partial charge in [0, 0.05) is 12.7 Å². The van der Waals surface area contributed by atoms with E-state index >= 15 is 0 Å². The summed E-state index contributed by atoms with van der Waals surface area (Å²) in [6.45, 7) is 1.73. The summed E-state index contributed by atoms with van der Waals surface area (Å²) in [4.78, 5) is 13.3. The third kappa shape index (κ3) is 3.33. The Hall–Kier alpha value is -2.29. The molecular weight excluding hydrogens is 388 g/mol. The first-order valence-corrected chi connectivity index (χ1v) is 9.91. The quantitative estimate of drug-likeness (QED) is 0.769. The van der Waals surface area contributed by atoms with Crippen molar-refractivity contribution in [1.29, 1.82) is 0 Å². The minimum Gasteiger partial charge on any atom is -0.467 e. The van der Waals surface area contributed by atoms with Crippen LogP contribution in [0.3, 0.4) is 0 Å². The molecule has 2 aliphatic heterocycles. The predicted octanol–water partition coefficient (Wildman–Crippen LogP) is 2.33. The number of fused-ring (bicyclic) bond motifs is 1. The molecule has 7 heteroatoms. The molecule has 0 spiro atoms. The molecule has 0 unspecified atom stereocenters. The van der Waals surface area contributed by atoms with Crippen LogP contribution in [-0.4, -0.2) is 55.8 Å². The number of carbonyl (C=O) groups is 1. The molecule has 0 amide bonds. The van der Waals surface area contributed by atoms with E-state index < -0.39 is 48.4 Å². The van der Waals surface area contributed by atoms with E-state index in [1.165, 1.54) is 14.2 Å². The van der Waals surface area contributed by atoms with Gasteiger partial charge in [0.05, 0.1) is 13.2 Å². The predicted molar refractivity (Wildman–Crippen MR) is 106 cm³/mol. The highest BCUT2D eigenvalue weighted by atomic mass is 16.7. The molecule has 2 aromatic rings. The average molecular weight is 414 g/mol. The SMILES string of the molecule is COC(=O)[C@]1(c2ccccc2)O[C@@H](c2ccccc2)O[C@H]2[C@H](OC)[C@H](O)[C@@H](C)O[C@@H]21. The van der Waals surface area contributed by atoms with Crippen LogP contribution in [0, 0.1) is 0 Å². The van der Waals surface area contributed by atoms with Crippen LogP contribution in [0.5, 0.6) is 0 Å². The maximum absolute atomic E-state index is 13.3. The lowest BCUT2D eigenvalue weighted by atomic mass is 9.79. The molecule has 30 heavy (non-hydrogen) atoms. The number of aliphatic hydroxyl groups is 1. The minimum atomic E-state index is -1.61. The number of rotatable bonds is 4. The van der Waals surface area contributed by atoms with Crippen LogP contribution < -0.4 is 0 Å². The van der Waals surface area contributed by atoms with Crippen molar-refractivity contribution in [3.63, 3.8) is 0 Å². The molecule has 0 radical (unpaired) electrons. The standard InChI is InChI=1S/C23H26O7/c1-14-17(24)18(26-2)19-20(28-14)23(22(25)27-3,16-12-8-5-9-13-16)30-21(29-19)15-10-6-4-7-11-15/h4-14,17-21,24H,1-3H3/t14-,17-,18-,19+,20+,21+,23-/m1/s1. The van der Waals surface area contributed by atoms with Gasteiger partial charge in [-0.1, -0.05) is 60.7 Å². The highest BCUT2D eigenvalue weighted by Crippen LogP contribution is 2.48. The fraction of sp³-hybridized carbons (Fsp3) is 0.435. The van der Waals surface area contributed by atoms with Crippen molar-refractivity contribution in [2.24, 2.45) is 0 Å². The van der Waals surface area contributed by atoms with E-state index in [0.717, 1.165) is 5.56 Å². The molecule has 1 N–H and O–H groups in total. The molecule has 0 aliphatic carbocycles. The van der Waals surface area contributed by atoms with Crippen LogP contribution in [0.2, 0.25) is 0 Å². The van der Waals surface area contributed by atoms with Crippen LogP contribution >= 0.6 is 0 Å². The van der Waals surface area contributed by atoms with E-state index in [1.54, 1.807) is 19.1 Å². The Bertz CT molecular complexity index is 858. The molecule has 7 atom stereocenters. The van der Waals surface area contributed by atoms with Gasteiger partial charge in [0.2, 0.25) is 5.60 Å². The molecule has 0 saturated carbocycles. The Balaban J connectivity index is 1.89. The summed E-state index contributed by atoms with van der Waals surface area (Å²) in [5.41, 5.74) is -0.303. The maximum atomic E-state index is 13.3. The molecule has 160 valence electrons. The van der Waals surface area contributed by atoms with Gasteiger partial charge in [-0.05, 0) is 12.5 Å². The molecule has 2 fully saturated rings. The van der Waals surface area contributed by atoms with Crippen molar-refractivity contribution in [3.05, 3.63) is 71.8 Å². The van der Waals surface area contributed by atoms with E-state index in [4.69, 9.17) is 23.7 Å². The van der Waals surface area contributed by atoms with E-state index in [9.17, 15) is 9.90 Å². The van der Waals surface area contributed by atoms with Crippen LogP contribution in [0.4, 0.5) is 0 Å². The third-order valence-electron chi connectivity index (χ3n) is 5.81. The number of ether oxygens (including phenoxy) is 5. The Morgan fingerprint density at radius 3 is 2.23 bits per heavy atom. The van der Waals surface area contributed by atoms with Gasteiger partial charge in [-0.2, -0.15) is 0 Å². The van der Waals surface area contributed by atoms with E-state index in [2.05, 4.69) is 0 Å². The summed E-state index contributed by atoms with van der Waals surface area (Å²) in [5.74, 6) is -0.605. The first-order valence-electron chi connectivity index (χ1n) is 9.91. The molecule has 2 heterocycles. The van der Waals surface area contributed by atoms with Crippen LogP contribution in [0.15, 0.2) is 60.7 Å². The van der Waals surface area contributed by atoms with E-state index in [-0.39, 0.29) is 0 Å². The smallest absolute Gasteiger partial charge is 0.345 e. The second kappa shape index (κ2) is 8.45. The summed E-state index contributed by atoms with van der Waals surface area (Å²) >= 11 is 0. The summed E-state index contributed by atoms with van der Waals surface area (Å²) in [6.07, 6.45) is -4.83. The molecule has 2 aromatic carbocycles. The lowest BCUT2D eigenvalue weighted by Gasteiger charge is -2.54. The van der Waals surface area contributed by atoms with Gasteiger partial charge < -0.3 is 28.8 Å². The highest BCUT2D eigenvalue weighted by molar-refractivity contribution is 5.82. The first-order chi connectivity index (χ1) is 14.5. The monoisotopic (exact) mass is 414 g/mol. The first kappa shape index (κ1) is 21.0. The number of benzene rings is 2. The van der Waals surface area contributed by atoms with Gasteiger partial charge >= 0.3 is 5.97 Å². The van der Waals surface area contributed by atoms with Crippen molar-refractivity contribution in [1.82, 2.24) is 0 Å². The number of esters is 1. The van der Waals surface area contributed by atoms with Gasteiger partial charge in [-0.25, -0.2) is 4.79 Å². The largest absolute Gasteiger partial charge is 0.467 e. The van der Waals surface area contributed by atoms with Gasteiger partial charge in [0.15, 0.2) is 6.29 Å². The molecular formula is C23H26O7. The van der Waals surface area contributed by atoms with Crippen LogP contribution in [-0.2, 0) is 34.1 Å². The molecule has 2 aliphatic rings. The summed E-state index contributed by atoms with van der Waals surface area (Å²) in [7, 11) is 2.81. The Morgan fingerprint density at radius 2 is 1.63 bits per heavy atom. The van der Waals surface area contributed by atoms with Crippen molar-refractivity contribution >= 4 is 5.97 Å². The summed E-state index contributed by atoms with van der Waals surface area (Å²) < 4.78 is 29.6. The lowest BCUT2D eigenvalue weighted by Crippen LogP contribution is -2.69. The topological polar surface area (TPSA) is 83.5 Å². The second-order valence-corrected chi connectivity index (χ2v) is 7.51. The minimum absolute atomic E-state index is 0.578. The lowest BCUT2D eigenvalue weighted by molar-refractivity contribution is -0.379. The Kier molecular flexibility index (Phi) is 5.90. The number of hydrogen-bond acceptors (Lipinski definition) is 7. The summed E-state index contributed by atoms with van der Waals surface area (Å²) in [6, 6.07) is 18.4. The number of carbonyl (C=O) groups excluding carboxylic acids is 1. The molecule has 7 nitrogen and oxygen atoms in total. The summed E-state index contributed by atoms with van der Waals surface area (Å²) in [5, 5.41) is 10.7. The van der Waals surface area contributed by atoms with Gasteiger partial charge in [0.25, 0.3) is 0 Å². The fourth-order valence-corrected chi connectivity index (χ4v) is 4.29. The molecule has 0 bridgehead atoms. The Labute approximate surface area is 175 Å². The van der Waals surface area contributed by atoms with Crippen LogP contribution in [0.1, 0.15) is 24.3 Å². The molecule has 2 saturated heterocycles. The zero-order valence-electron chi connectivity index (χ0n) is 17.1. The normalized spacial score (nSPS) is 36.0. The zero-order chi connectivity index (χ0) is 21.3. The number of aliphatic hydroxyl groups excluding tert-OH is 1. The van der Waals surface area contributed by atoms with Crippen LogP contribution in [0.25, 0.3) is 0 Å². The van der Waals surface area contributed by atoms with Gasteiger partial charge in [0.1, 0.15) is 24.4 Å². The van der Waals surface area contributed by atoms with E-state index in [1.807, 2.05) is 48.5 Å². The molecule has 0 aromatic heterocycles. The van der Waals surface area contributed by atoms with Gasteiger partial charge in [-0.15, -0.1) is 0 Å². The van der Waals surface area contributed by atoms with E-state index in [0.29, 0.717) is 5.56 Å². The van der Waals surface area contributed by atoms with Crippen molar-refractivity contribution in [2.45, 2.75) is 49.3 Å². The molecule has 4 rings (SSSR count). The zero-order valence-corrected chi connectivity index (χ0v) is 17.1. The Morgan fingerprint density at radius 1 is 1.00 bits per heavy atom. The van der Waals surface area contributed by atoms with Crippen molar-refractivity contribution in [3.8, 4) is 0 Å². The van der Waals surface area contributed by atoms with Gasteiger partial charge in [-0.3, -0.25) is 0 Å². The van der Waals surface area contributed by atoms with Crippen molar-refractivity contribution < 1.29 is 33.6 Å².